The molecule has 0 aromatic heterocycles. The Bertz CT molecular complexity index is 711. The van der Waals surface area contributed by atoms with Crippen LogP contribution in [0.1, 0.15) is 26.3 Å². The van der Waals surface area contributed by atoms with Gasteiger partial charge in [0.25, 0.3) is 11.8 Å². The van der Waals surface area contributed by atoms with E-state index in [4.69, 9.17) is 4.74 Å². The third-order valence-corrected chi connectivity index (χ3v) is 3.73. The Balaban J connectivity index is 1.89. The van der Waals surface area contributed by atoms with Gasteiger partial charge in [-0.25, -0.2) is 4.79 Å². The summed E-state index contributed by atoms with van der Waals surface area (Å²) in [5.41, 5.74) is 0.564. The van der Waals surface area contributed by atoms with E-state index in [0.29, 0.717) is 5.69 Å². The fraction of sp³-hybridized carbons (Fsp3) is 0.412. The summed E-state index contributed by atoms with van der Waals surface area (Å²) in [5.74, 6) is -1.87. The maximum Gasteiger partial charge on any atom is 0.327 e. The quantitative estimate of drug-likeness (QED) is 0.615. The second-order valence-electron chi connectivity index (χ2n) is 6.43. The van der Waals surface area contributed by atoms with Gasteiger partial charge in [-0.2, -0.15) is 0 Å². The van der Waals surface area contributed by atoms with E-state index in [1.54, 1.807) is 12.1 Å². The second-order valence-corrected chi connectivity index (χ2v) is 6.43. The van der Waals surface area contributed by atoms with Crippen LogP contribution < -0.4 is 10.6 Å². The smallest absolute Gasteiger partial charge is 0.327 e. The number of esters is 1. The number of ether oxygens (including phenoxy) is 1. The molecule has 1 aromatic carbocycles. The molecule has 0 radical (unpaired) electrons. The number of hydrogen-bond donors (Lipinski definition) is 2. The van der Waals surface area contributed by atoms with Gasteiger partial charge in [-0.1, -0.05) is 17.7 Å². The van der Waals surface area contributed by atoms with Crippen molar-refractivity contribution in [2.45, 2.75) is 39.3 Å². The van der Waals surface area contributed by atoms with E-state index in [1.165, 1.54) is 20.8 Å². The highest BCUT2D eigenvalue weighted by Crippen LogP contribution is 2.16. The molecule has 1 aromatic rings. The van der Waals surface area contributed by atoms with Crippen LogP contribution in [0, 0.1) is 6.92 Å². The van der Waals surface area contributed by atoms with Crippen LogP contribution in [0.3, 0.4) is 0 Å². The van der Waals surface area contributed by atoms with E-state index in [-0.39, 0.29) is 0 Å². The van der Waals surface area contributed by atoms with E-state index in [1.807, 2.05) is 19.1 Å². The Hall–Kier alpha value is -2.90. The van der Waals surface area contributed by atoms with Crippen LogP contribution >= 0.6 is 0 Å². The number of nitrogens with one attached hydrogen (secondary N) is 2. The van der Waals surface area contributed by atoms with Crippen LogP contribution in [0.25, 0.3) is 0 Å². The summed E-state index contributed by atoms with van der Waals surface area (Å²) in [7, 11) is 0. The molecule has 1 fully saturated rings. The SMILES string of the molecule is Cc1ccc(NC(=O)[C@H](C)OC(=O)CN2C(=O)NC(C)(C)C2=O)cc1. The normalized spacial score (nSPS) is 17.0. The minimum absolute atomic E-state index is 0.505. The van der Waals surface area contributed by atoms with E-state index in [2.05, 4.69) is 10.6 Å². The summed E-state index contributed by atoms with van der Waals surface area (Å²) in [5, 5.41) is 5.08. The van der Waals surface area contributed by atoms with Gasteiger partial charge in [-0.15, -0.1) is 0 Å². The maximum absolute atomic E-state index is 12.1. The predicted molar refractivity (Wildman–Crippen MR) is 89.7 cm³/mol. The number of anilines is 1. The van der Waals surface area contributed by atoms with Crippen LogP contribution in [0.15, 0.2) is 24.3 Å². The lowest BCUT2D eigenvalue weighted by molar-refractivity contribution is -0.155. The van der Waals surface area contributed by atoms with E-state index < -0.39 is 42.0 Å². The van der Waals surface area contributed by atoms with Crippen LogP contribution in [0.5, 0.6) is 0 Å². The van der Waals surface area contributed by atoms with Crippen molar-refractivity contribution in [2.24, 2.45) is 0 Å². The summed E-state index contributed by atoms with van der Waals surface area (Å²) in [6.45, 7) is 5.87. The van der Waals surface area contributed by atoms with E-state index >= 15 is 0 Å². The van der Waals surface area contributed by atoms with Crippen molar-refractivity contribution in [2.75, 3.05) is 11.9 Å². The summed E-state index contributed by atoms with van der Waals surface area (Å²) in [4.78, 5) is 48.5. The Morgan fingerprint density at radius 2 is 1.84 bits per heavy atom. The number of carbonyl (C=O) groups is 4. The molecule has 2 N–H and O–H groups in total. The summed E-state index contributed by atoms with van der Waals surface area (Å²) in [6, 6.07) is 6.48. The van der Waals surface area contributed by atoms with Crippen molar-refractivity contribution in [3.63, 3.8) is 0 Å². The first-order valence-electron chi connectivity index (χ1n) is 7.81. The summed E-state index contributed by atoms with van der Waals surface area (Å²) < 4.78 is 5.01. The number of aryl methyl sites for hydroxylation is 1. The number of benzene rings is 1. The lowest BCUT2D eigenvalue weighted by Crippen LogP contribution is -2.42. The van der Waals surface area contributed by atoms with Gasteiger partial charge >= 0.3 is 12.0 Å². The van der Waals surface area contributed by atoms with Gasteiger partial charge in [-0.3, -0.25) is 19.3 Å². The molecule has 2 rings (SSSR count). The fourth-order valence-corrected chi connectivity index (χ4v) is 2.26. The monoisotopic (exact) mass is 347 g/mol. The second kappa shape index (κ2) is 6.92. The van der Waals surface area contributed by atoms with Crippen LogP contribution in [0.4, 0.5) is 10.5 Å². The number of carbonyl (C=O) groups excluding carboxylic acids is 4. The van der Waals surface area contributed by atoms with Crippen LogP contribution in [0.2, 0.25) is 0 Å². The first-order chi connectivity index (χ1) is 11.6. The average Bonchev–Trinajstić information content (AvgIpc) is 2.71. The zero-order chi connectivity index (χ0) is 18.8. The molecular formula is C17H21N3O5. The van der Waals surface area contributed by atoms with Crippen LogP contribution in [-0.2, 0) is 19.1 Å². The summed E-state index contributed by atoms with van der Waals surface area (Å²) >= 11 is 0. The fourth-order valence-electron chi connectivity index (χ4n) is 2.26. The third-order valence-electron chi connectivity index (χ3n) is 3.73. The molecular weight excluding hydrogens is 326 g/mol. The maximum atomic E-state index is 12.1. The largest absolute Gasteiger partial charge is 0.451 e. The Morgan fingerprint density at radius 3 is 2.36 bits per heavy atom. The highest BCUT2D eigenvalue weighted by Gasteiger charge is 2.45. The molecule has 8 nitrogen and oxygen atoms in total. The molecule has 0 unspecified atom stereocenters. The molecule has 1 atom stereocenters. The van der Waals surface area contributed by atoms with Crippen molar-refractivity contribution < 1.29 is 23.9 Å². The van der Waals surface area contributed by atoms with Crippen molar-refractivity contribution in [1.82, 2.24) is 10.2 Å². The van der Waals surface area contributed by atoms with Gasteiger partial charge in [0.15, 0.2) is 6.10 Å². The van der Waals surface area contributed by atoms with Gasteiger partial charge in [0.1, 0.15) is 12.1 Å². The molecule has 1 saturated heterocycles. The molecule has 0 spiro atoms. The predicted octanol–water partition coefficient (Wildman–Crippen LogP) is 1.20. The molecule has 0 saturated carbocycles. The molecule has 8 heteroatoms. The molecule has 25 heavy (non-hydrogen) atoms. The van der Waals surface area contributed by atoms with Gasteiger partial charge in [0.05, 0.1) is 0 Å². The molecule has 0 aliphatic carbocycles. The number of urea groups is 1. The number of rotatable bonds is 5. The van der Waals surface area contributed by atoms with Gasteiger partial charge < -0.3 is 15.4 Å². The Labute approximate surface area is 145 Å². The highest BCUT2D eigenvalue weighted by atomic mass is 16.5. The van der Waals surface area contributed by atoms with Gasteiger partial charge in [0, 0.05) is 5.69 Å². The molecule has 4 amide bonds. The van der Waals surface area contributed by atoms with Crippen molar-refractivity contribution in [3.8, 4) is 0 Å². The minimum Gasteiger partial charge on any atom is -0.451 e. The van der Waals surface area contributed by atoms with Crippen LogP contribution in [-0.4, -0.2) is 46.9 Å². The number of nitrogens with zero attached hydrogens (tertiary/aromatic N) is 1. The third kappa shape index (κ3) is 4.34. The van der Waals surface area contributed by atoms with Crippen molar-refractivity contribution in [3.05, 3.63) is 29.8 Å². The first kappa shape index (κ1) is 18.4. The van der Waals surface area contributed by atoms with E-state index in [9.17, 15) is 19.2 Å². The zero-order valence-electron chi connectivity index (χ0n) is 14.6. The van der Waals surface area contributed by atoms with Gasteiger partial charge in [-0.05, 0) is 39.8 Å². The highest BCUT2D eigenvalue weighted by molar-refractivity contribution is 6.08. The molecule has 134 valence electrons. The Kier molecular flexibility index (Phi) is 5.10. The number of amides is 4. The Morgan fingerprint density at radius 1 is 1.24 bits per heavy atom. The topological polar surface area (TPSA) is 105 Å². The first-order valence-corrected chi connectivity index (χ1v) is 7.81. The van der Waals surface area contributed by atoms with Crippen molar-refractivity contribution in [1.29, 1.82) is 0 Å². The summed E-state index contributed by atoms with van der Waals surface area (Å²) in [6.07, 6.45) is -1.07. The zero-order valence-corrected chi connectivity index (χ0v) is 14.6. The molecule has 1 heterocycles. The van der Waals surface area contributed by atoms with Crippen molar-refractivity contribution >= 4 is 29.5 Å². The van der Waals surface area contributed by atoms with E-state index in [0.717, 1.165) is 10.5 Å². The number of hydrogen-bond acceptors (Lipinski definition) is 5. The lowest BCUT2D eigenvalue weighted by Gasteiger charge is -2.17. The standard InChI is InChI=1S/C17H21N3O5/c1-10-5-7-12(8-6-10)18-14(22)11(2)25-13(21)9-20-15(23)17(3,4)19-16(20)24/h5-8,11H,9H2,1-4H3,(H,18,22)(H,19,24)/t11-/m0/s1. The molecule has 0 bridgehead atoms. The molecule has 1 aliphatic rings. The van der Waals surface area contributed by atoms with Gasteiger partial charge in [0.2, 0.25) is 0 Å². The molecule has 1 aliphatic heterocycles. The number of imide groups is 1. The lowest BCUT2D eigenvalue weighted by atomic mass is 10.1. The minimum atomic E-state index is -1.07. The average molecular weight is 347 g/mol.